The molecule has 0 radical (unpaired) electrons. The van der Waals surface area contributed by atoms with Gasteiger partial charge in [0.1, 0.15) is 5.69 Å². The average Bonchev–Trinajstić information content (AvgIpc) is 2.37. The van der Waals surface area contributed by atoms with Crippen molar-refractivity contribution in [1.82, 2.24) is 0 Å². The minimum absolute atomic E-state index is 0.0105. The second-order valence-electron chi connectivity index (χ2n) is 3.93. The highest BCUT2D eigenvalue weighted by molar-refractivity contribution is 9.10. The first kappa shape index (κ1) is 16.5. The Labute approximate surface area is 138 Å². The fourth-order valence-electron chi connectivity index (χ4n) is 1.48. The SMILES string of the molecule is O=S(=O)(Nc1c(F)cc(Br)cc1F)c1ccc(Cl)c(Cl)c1. The van der Waals surface area contributed by atoms with Crippen LogP contribution in [-0.2, 0) is 10.0 Å². The summed E-state index contributed by atoms with van der Waals surface area (Å²) in [5, 5.41) is 0.174. The van der Waals surface area contributed by atoms with E-state index in [4.69, 9.17) is 23.2 Å². The minimum atomic E-state index is -4.20. The monoisotopic (exact) mass is 415 g/mol. The van der Waals surface area contributed by atoms with Crippen LogP contribution in [0.25, 0.3) is 0 Å². The Hall–Kier alpha value is -0.890. The number of nitrogens with one attached hydrogen (secondary N) is 1. The number of benzene rings is 2. The molecule has 112 valence electrons. The Morgan fingerprint density at radius 2 is 1.57 bits per heavy atom. The Bertz CT molecular complexity index is 792. The molecule has 0 atom stereocenters. The maximum atomic E-state index is 13.7. The predicted molar refractivity (Wildman–Crippen MR) is 81.3 cm³/mol. The van der Waals surface area contributed by atoms with Crippen LogP contribution >= 0.6 is 39.1 Å². The van der Waals surface area contributed by atoms with Gasteiger partial charge in [-0.1, -0.05) is 39.1 Å². The van der Waals surface area contributed by atoms with Gasteiger partial charge in [-0.25, -0.2) is 17.2 Å². The van der Waals surface area contributed by atoms with E-state index in [1.165, 1.54) is 12.1 Å². The molecule has 0 saturated heterocycles. The van der Waals surface area contributed by atoms with Crippen molar-refractivity contribution >= 4 is 54.8 Å². The summed E-state index contributed by atoms with van der Waals surface area (Å²) in [5.41, 5.74) is -0.774. The molecule has 3 nitrogen and oxygen atoms in total. The van der Waals surface area contributed by atoms with E-state index in [9.17, 15) is 17.2 Å². The number of halogens is 5. The molecule has 1 N–H and O–H groups in total. The molecule has 0 aromatic heterocycles. The van der Waals surface area contributed by atoms with Gasteiger partial charge in [-0.2, -0.15) is 0 Å². The summed E-state index contributed by atoms with van der Waals surface area (Å²) in [6.07, 6.45) is 0. The van der Waals surface area contributed by atoms with Gasteiger partial charge in [0.05, 0.1) is 14.9 Å². The fraction of sp³-hybridized carbons (Fsp3) is 0. The van der Waals surface area contributed by atoms with Gasteiger partial charge in [0.2, 0.25) is 0 Å². The van der Waals surface area contributed by atoms with Crippen molar-refractivity contribution < 1.29 is 17.2 Å². The maximum absolute atomic E-state index is 13.7. The predicted octanol–water partition coefficient (Wildman–Crippen LogP) is 4.83. The zero-order chi connectivity index (χ0) is 15.8. The van der Waals surface area contributed by atoms with Crippen molar-refractivity contribution in [2.45, 2.75) is 4.90 Å². The third-order valence-corrected chi connectivity index (χ3v) is 4.99. The quantitative estimate of drug-likeness (QED) is 0.778. The van der Waals surface area contributed by atoms with Crippen molar-refractivity contribution in [2.24, 2.45) is 0 Å². The number of hydrogen-bond donors (Lipinski definition) is 1. The van der Waals surface area contributed by atoms with Crippen LogP contribution in [0.4, 0.5) is 14.5 Å². The van der Waals surface area contributed by atoms with Crippen molar-refractivity contribution in [3.8, 4) is 0 Å². The molecule has 21 heavy (non-hydrogen) atoms. The highest BCUT2D eigenvalue weighted by atomic mass is 79.9. The zero-order valence-electron chi connectivity index (χ0n) is 10.0. The molecule has 0 fully saturated rings. The summed E-state index contributed by atoms with van der Waals surface area (Å²) in [7, 11) is -4.20. The Kier molecular flexibility index (Phi) is 4.77. The highest BCUT2D eigenvalue weighted by Crippen LogP contribution is 2.28. The summed E-state index contributed by atoms with van der Waals surface area (Å²) in [5.74, 6) is -2.10. The van der Waals surface area contributed by atoms with Gasteiger partial charge in [0.15, 0.2) is 11.6 Å². The van der Waals surface area contributed by atoms with E-state index < -0.39 is 27.3 Å². The lowest BCUT2D eigenvalue weighted by atomic mass is 10.3. The lowest BCUT2D eigenvalue weighted by molar-refractivity contribution is 0.582. The molecular weight excluding hydrogens is 411 g/mol. The van der Waals surface area contributed by atoms with E-state index in [-0.39, 0.29) is 19.4 Å². The van der Waals surface area contributed by atoms with Gasteiger partial charge in [-0.3, -0.25) is 4.72 Å². The van der Waals surface area contributed by atoms with Gasteiger partial charge in [-0.15, -0.1) is 0 Å². The third kappa shape index (κ3) is 3.66. The van der Waals surface area contributed by atoms with Gasteiger partial charge in [0.25, 0.3) is 10.0 Å². The first-order valence-corrected chi connectivity index (χ1v) is 8.36. The van der Waals surface area contributed by atoms with Crippen molar-refractivity contribution in [3.05, 3.63) is 56.5 Å². The van der Waals surface area contributed by atoms with E-state index in [0.717, 1.165) is 18.2 Å². The average molecular weight is 417 g/mol. The maximum Gasteiger partial charge on any atom is 0.262 e. The second-order valence-corrected chi connectivity index (χ2v) is 7.34. The van der Waals surface area contributed by atoms with Crippen LogP contribution in [0.2, 0.25) is 10.0 Å². The van der Waals surface area contributed by atoms with E-state index in [1.807, 2.05) is 4.72 Å². The summed E-state index contributed by atoms with van der Waals surface area (Å²) >= 11 is 14.3. The molecule has 2 aromatic carbocycles. The lowest BCUT2D eigenvalue weighted by Crippen LogP contribution is -2.15. The third-order valence-electron chi connectivity index (χ3n) is 2.44. The van der Waals surface area contributed by atoms with E-state index >= 15 is 0 Å². The Morgan fingerprint density at radius 1 is 1.00 bits per heavy atom. The molecule has 2 rings (SSSR count). The van der Waals surface area contributed by atoms with E-state index in [0.29, 0.717) is 0 Å². The molecule has 9 heteroatoms. The summed E-state index contributed by atoms with van der Waals surface area (Å²) in [6, 6.07) is 5.41. The molecule has 0 saturated carbocycles. The number of hydrogen-bond acceptors (Lipinski definition) is 2. The summed E-state index contributed by atoms with van der Waals surface area (Å²) < 4.78 is 53.5. The Balaban J connectivity index is 2.44. The smallest absolute Gasteiger partial charge is 0.262 e. The highest BCUT2D eigenvalue weighted by Gasteiger charge is 2.20. The van der Waals surface area contributed by atoms with Crippen LogP contribution in [0.5, 0.6) is 0 Å². The van der Waals surface area contributed by atoms with Crippen LogP contribution in [-0.4, -0.2) is 8.42 Å². The van der Waals surface area contributed by atoms with Gasteiger partial charge < -0.3 is 0 Å². The van der Waals surface area contributed by atoms with Crippen LogP contribution in [0.3, 0.4) is 0 Å². The van der Waals surface area contributed by atoms with E-state index in [1.54, 1.807) is 0 Å². The number of anilines is 1. The minimum Gasteiger partial charge on any atom is -0.274 e. The van der Waals surface area contributed by atoms with E-state index in [2.05, 4.69) is 15.9 Å². The molecule has 2 aromatic rings. The molecule has 0 aliphatic heterocycles. The molecule has 0 bridgehead atoms. The summed E-state index contributed by atoms with van der Waals surface area (Å²) in [6.45, 7) is 0. The van der Waals surface area contributed by atoms with Crippen molar-refractivity contribution in [1.29, 1.82) is 0 Å². The van der Waals surface area contributed by atoms with Crippen LogP contribution in [0, 0.1) is 11.6 Å². The zero-order valence-corrected chi connectivity index (χ0v) is 13.9. The topological polar surface area (TPSA) is 46.2 Å². The molecule has 0 aliphatic rings. The molecule has 0 spiro atoms. The van der Waals surface area contributed by atoms with Crippen molar-refractivity contribution in [2.75, 3.05) is 4.72 Å². The largest absolute Gasteiger partial charge is 0.274 e. The van der Waals surface area contributed by atoms with Crippen LogP contribution in [0.1, 0.15) is 0 Å². The second kappa shape index (κ2) is 6.08. The molecule has 0 aliphatic carbocycles. The Morgan fingerprint density at radius 3 is 2.10 bits per heavy atom. The summed E-state index contributed by atoms with van der Waals surface area (Å²) in [4.78, 5) is -0.265. The van der Waals surface area contributed by atoms with Crippen LogP contribution in [0.15, 0.2) is 39.7 Å². The number of rotatable bonds is 3. The first-order valence-electron chi connectivity index (χ1n) is 5.33. The van der Waals surface area contributed by atoms with Gasteiger partial charge in [-0.05, 0) is 30.3 Å². The number of sulfonamides is 1. The lowest BCUT2D eigenvalue weighted by Gasteiger charge is -2.11. The molecule has 0 heterocycles. The molecular formula is C12H6BrCl2F2NO2S. The molecule has 0 unspecified atom stereocenters. The fourth-order valence-corrected chi connectivity index (χ4v) is 3.34. The van der Waals surface area contributed by atoms with Gasteiger partial charge >= 0.3 is 0 Å². The standard InChI is InChI=1S/C12H6BrCl2F2NO2S/c13-6-3-10(16)12(11(17)4-6)18-21(19,20)7-1-2-8(14)9(15)5-7/h1-5,18H. The molecule has 0 amide bonds. The normalized spacial score (nSPS) is 11.5. The first-order chi connectivity index (χ1) is 9.70. The van der Waals surface area contributed by atoms with Crippen LogP contribution < -0.4 is 4.72 Å². The van der Waals surface area contributed by atoms with Gasteiger partial charge in [0, 0.05) is 4.47 Å². The van der Waals surface area contributed by atoms with Crippen molar-refractivity contribution in [3.63, 3.8) is 0 Å².